The van der Waals surface area contributed by atoms with Crippen molar-refractivity contribution < 1.29 is 9.90 Å². The van der Waals surface area contributed by atoms with Crippen molar-refractivity contribution in [2.45, 2.75) is 13.3 Å². The topological polar surface area (TPSA) is 61.4 Å². The van der Waals surface area contributed by atoms with E-state index in [4.69, 9.17) is 17.3 Å². The molecule has 0 fully saturated rings. The number of benzene rings is 2. The van der Waals surface area contributed by atoms with Crippen molar-refractivity contribution >= 4 is 34.7 Å². The van der Waals surface area contributed by atoms with Crippen LogP contribution in [0.4, 0.5) is 11.4 Å². The first-order valence-electron chi connectivity index (χ1n) is 6.59. The van der Waals surface area contributed by atoms with E-state index in [1.54, 1.807) is 12.1 Å². The summed E-state index contributed by atoms with van der Waals surface area (Å²) in [6.45, 7) is 2.08. The lowest BCUT2D eigenvalue weighted by atomic mass is 10.1. The molecule has 2 aromatic carbocycles. The number of anilines is 2. The number of carboxylic acid groups (broad SMARTS) is 1. The Bertz CT molecular complexity index is 654. The standard InChI is InChI=1S/C16H16N2O2S/c1-2-11-5-3-4-6-14(11)18-16(21)17-13-9-7-12(8-10-13)15(19)20/h3-10H,2H2,1H3,(H,19,20)(H2,17,18,21). The van der Waals surface area contributed by atoms with Crippen LogP contribution in [0.15, 0.2) is 48.5 Å². The zero-order valence-electron chi connectivity index (χ0n) is 11.6. The highest BCUT2D eigenvalue weighted by molar-refractivity contribution is 7.80. The predicted molar refractivity (Wildman–Crippen MR) is 89.1 cm³/mol. The van der Waals surface area contributed by atoms with Crippen molar-refractivity contribution in [3.05, 3.63) is 59.7 Å². The molecule has 0 bridgehead atoms. The molecule has 0 spiro atoms. The molecule has 108 valence electrons. The molecule has 0 saturated carbocycles. The summed E-state index contributed by atoms with van der Waals surface area (Å²) in [6.07, 6.45) is 0.916. The van der Waals surface area contributed by atoms with Crippen LogP contribution in [0.5, 0.6) is 0 Å². The second kappa shape index (κ2) is 6.85. The number of nitrogens with one attached hydrogen (secondary N) is 2. The first-order chi connectivity index (χ1) is 10.1. The second-order valence-electron chi connectivity index (χ2n) is 4.47. The van der Waals surface area contributed by atoms with Crippen molar-refractivity contribution in [2.75, 3.05) is 10.6 Å². The molecule has 0 aliphatic heterocycles. The highest BCUT2D eigenvalue weighted by Gasteiger charge is 2.04. The van der Waals surface area contributed by atoms with E-state index < -0.39 is 5.97 Å². The van der Waals surface area contributed by atoms with Gasteiger partial charge in [-0.1, -0.05) is 25.1 Å². The summed E-state index contributed by atoms with van der Waals surface area (Å²) in [5.74, 6) is -0.945. The first-order valence-corrected chi connectivity index (χ1v) is 7.00. The quantitative estimate of drug-likeness (QED) is 0.751. The number of hydrogen-bond acceptors (Lipinski definition) is 2. The SMILES string of the molecule is CCc1ccccc1NC(=S)Nc1ccc(C(=O)O)cc1. The number of rotatable bonds is 4. The molecule has 2 aromatic rings. The van der Waals surface area contributed by atoms with E-state index in [0.29, 0.717) is 5.11 Å². The molecule has 0 aromatic heterocycles. The normalized spacial score (nSPS) is 9.95. The summed E-state index contributed by atoms with van der Waals surface area (Å²) < 4.78 is 0. The fourth-order valence-electron chi connectivity index (χ4n) is 1.93. The third kappa shape index (κ3) is 4.03. The van der Waals surface area contributed by atoms with Crippen LogP contribution in [0, 0.1) is 0 Å². The Labute approximate surface area is 128 Å². The van der Waals surface area contributed by atoms with Gasteiger partial charge in [-0.15, -0.1) is 0 Å². The fourth-order valence-corrected chi connectivity index (χ4v) is 2.16. The molecule has 0 unspecified atom stereocenters. The van der Waals surface area contributed by atoms with Gasteiger partial charge >= 0.3 is 5.97 Å². The van der Waals surface area contributed by atoms with Gasteiger partial charge in [-0.05, 0) is 54.5 Å². The summed E-state index contributed by atoms with van der Waals surface area (Å²) in [4.78, 5) is 10.8. The van der Waals surface area contributed by atoms with E-state index in [1.165, 1.54) is 17.7 Å². The van der Waals surface area contributed by atoms with Crippen LogP contribution in [-0.4, -0.2) is 16.2 Å². The minimum absolute atomic E-state index is 0.246. The lowest BCUT2D eigenvalue weighted by molar-refractivity contribution is 0.0697. The van der Waals surface area contributed by atoms with Crippen molar-refractivity contribution in [3.8, 4) is 0 Å². The average molecular weight is 300 g/mol. The Balaban J connectivity index is 2.03. The zero-order chi connectivity index (χ0) is 15.2. The van der Waals surface area contributed by atoms with E-state index in [9.17, 15) is 4.79 Å². The van der Waals surface area contributed by atoms with Gasteiger partial charge in [-0.3, -0.25) is 0 Å². The summed E-state index contributed by atoms with van der Waals surface area (Å²) in [6, 6.07) is 14.4. The lowest BCUT2D eigenvalue weighted by Gasteiger charge is -2.13. The van der Waals surface area contributed by atoms with E-state index in [1.807, 2.05) is 24.3 Å². The number of aromatic carboxylic acids is 1. The van der Waals surface area contributed by atoms with Gasteiger partial charge in [-0.2, -0.15) is 0 Å². The summed E-state index contributed by atoms with van der Waals surface area (Å²) in [5, 5.41) is 15.5. The highest BCUT2D eigenvalue weighted by Crippen LogP contribution is 2.16. The van der Waals surface area contributed by atoms with Gasteiger partial charge < -0.3 is 15.7 Å². The van der Waals surface area contributed by atoms with Crippen LogP contribution in [-0.2, 0) is 6.42 Å². The molecular weight excluding hydrogens is 284 g/mol. The zero-order valence-corrected chi connectivity index (χ0v) is 12.4. The van der Waals surface area contributed by atoms with Crippen LogP contribution in [0.25, 0.3) is 0 Å². The number of thiocarbonyl (C=S) groups is 1. The molecule has 2 rings (SSSR count). The summed E-state index contributed by atoms with van der Waals surface area (Å²) in [7, 11) is 0. The van der Waals surface area contributed by atoms with Crippen LogP contribution in [0.3, 0.4) is 0 Å². The van der Waals surface area contributed by atoms with Gasteiger partial charge in [-0.25, -0.2) is 4.79 Å². The average Bonchev–Trinajstić information content (AvgIpc) is 2.48. The minimum atomic E-state index is -0.945. The number of carboxylic acids is 1. The number of para-hydroxylation sites is 1. The third-order valence-corrected chi connectivity index (χ3v) is 3.24. The highest BCUT2D eigenvalue weighted by atomic mass is 32.1. The maximum atomic E-state index is 10.8. The van der Waals surface area contributed by atoms with Crippen molar-refractivity contribution in [2.24, 2.45) is 0 Å². The van der Waals surface area contributed by atoms with Gasteiger partial charge in [0.1, 0.15) is 0 Å². The second-order valence-corrected chi connectivity index (χ2v) is 4.88. The van der Waals surface area contributed by atoms with E-state index in [-0.39, 0.29) is 5.56 Å². The van der Waals surface area contributed by atoms with Gasteiger partial charge in [0.25, 0.3) is 0 Å². The van der Waals surface area contributed by atoms with E-state index in [0.717, 1.165) is 17.8 Å². The Morgan fingerprint density at radius 2 is 1.76 bits per heavy atom. The number of hydrogen-bond donors (Lipinski definition) is 3. The molecule has 0 aliphatic carbocycles. The minimum Gasteiger partial charge on any atom is -0.478 e. The van der Waals surface area contributed by atoms with Gasteiger partial charge in [0.2, 0.25) is 0 Å². The van der Waals surface area contributed by atoms with Crippen LogP contribution < -0.4 is 10.6 Å². The molecule has 0 amide bonds. The molecule has 21 heavy (non-hydrogen) atoms. The first kappa shape index (κ1) is 15.0. The molecule has 0 heterocycles. The van der Waals surface area contributed by atoms with Gasteiger partial charge in [0.05, 0.1) is 5.56 Å². The maximum Gasteiger partial charge on any atom is 0.335 e. The Morgan fingerprint density at radius 1 is 1.10 bits per heavy atom. The molecule has 0 saturated heterocycles. The molecule has 0 atom stereocenters. The molecule has 5 heteroatoms. The monoisotopic (exact) mass is 300 g/mol. The van der Waals surface area contributed by atoms with E-state index >= 15 is 0 Å². The third-order valence-electron chi connectivity index (χ3n) is 3.04. The van der Waals surface area contributed by atoms with Crippen molar-refractivity contribution in [3.63, 3.8) is 0 Å². The van der Waals surface area contributed by atoms with E-state index in [2.05, 4.69) is 17.6 Å². The van der Waals surface area contributed by atoms with Crippen molar-refractivity contribution in [1.29, 1.82) is 0 Å². The molecule has 4 nitrogen and oxygen atoms in total. The molecular formula is C16H16N2O2S. The largest absolute Gasteiger partial charge is 0.478 e. The van der Waals surface area contributed by atoms with Crippen molar-refractivity contribution in [1.82, 2.24) is 0 Å². The van der Waals surface area contributed by atoms with Crippen LogP contribution in [0.1, 0.15) is 22.8 Å². The van der Waals surface area contributed by atoms with Gasteiger partial charge in [0, 0.05) is 11.4 Å². The lowest BCUT2D eigenvalue weighted by Crippen LogP contribution is -2.19. The van der Waals surface area contributed by atoms with Gasteiger partial charge in [0.15, 0.2) is 5.11 Å². The smallest absolute Gasteiger partial charge is 0.335 e. The van der Waals surface area contributed by atoms with Crippen LogP contribution >= 0.6 is 12.2 Å². The fraction of sp³-hybridized carbons (Fsp3) is 0.125. The summed E-state index contributed by atoms with van der Waals surface area (Å²) >= 11 is 5.27. The maximum absolute atomic E-state index is 10.8. The molecule has 0 aliphatic rings. The number of aryl methyl sites for hydroxylation is 1. The Kier molecular flexibility index (Phi) is 4.90. The van der Waals surface area contributed by atoms with Crippen LogP contribution in [0.2, 0.25) is 0 Å². The Morgan fingerprint density at radius 3 is 2.38 bits per heavy atom. The Hall–Kier alpha value is -2.40. The summed E-state index contributed by atoms with van der Waals surface area (Å²) in [5.41, 5.74) is 3.14. The molecule has 3 N–H and O–H groups in total. The number of carbonyl (C=O) groups is 1. The predicted octanol–water partition coefficient (Wildman–Crippen LogP) is 3.76. The molecule has 0 radical (unpaired) electrons.